The molecule has 0 unspecified atom stereocenters. The lowest BCUT2D eigenvalue weighted by atomic mass is 10.2. The van der Waals surface area contributed by atoms with Gasteiger partial charge in [-0.2, -0.15) is 0 Å². The number of amides is 1. The lowest BCUT2D eigenvalue weighted by molar-refractivity contribution is 0.171. The van der Waals surface area contributed by atoms with Crippen LogP contribution in [0.15, 0.2) is 79.3 Å². The Kier molecular flexibility index (Phi) is 7.07. The molecule has 1 aliphatic heterocycles. The number of para-hydroxylation sites is 1. The topological polar surface area (TPSA) is 94.0 Å². The number of methoxy groups -OCH3 is 1. The number of aromatic nitrogens is 3. The summed E-state index contributed by atoms with van der Waals surface area (Å²) in [6.07, 6.45) is 3.34. The normalized spacial score (nSPS) is 13.9. The maximum atomic E-state index is 13.2. The number of carbonyl (C=O) groups is 1. The Bertz CT molecular complexity index is 1650. The molecule has 6 rings (SSSR count). The average molecular weight is 539 g/mol. The van der Waals surface area contributed by atoms with Gasteiger partial charge in [0.05, 0.1) is 24.8 Å². The number of nitrogens with one attached hydrogen (secondary N) is 1. The summed E-state index contributed by atoms with van der Waals surface area (Å²) in [5.41, 5.74) is 4.62. The van der Waals surface area contributed by atoms with Crippen LogP contribution in [0.3, 0.4) is 0 Å². The lowest BCUT2D eigenvalue weighted by Crippen LogP contribution is -2.54. The van der Waals surface area contributed by atoms with Gasteiger partial charge in [-0.15, -0.1) is 0 Å². The molecule has 0 saturated carbocycles. The number of benzene rings is 3. The zero-order valence-electron chi connectivity index (χ0n) is 22.4. The molecule has 0 spiro atoms. The Morgan fingerprint density at radius 1 is 0.900 bits per heavy atom. The van der Waals surface area contributed by atoms with Crippen molar-refractivity contribution in [3.63, 3.8) is 0 Å². The minimum absolute atomic E-state index is 0.221. The van der Waals surface area contributed by atoms with Crippen molar-refractivity contribution >= 4 is 33.7 Å². The molecule has 40 heavy (non-hydrogen) atoms. The standard InChI is InChI=1S/C30H30N6O4/c1-3-39-28-19-24-23(18-27(28)38-2)29(32-20-31-24)34-14-16-35(17-15-34)33-30(37)36-13-12-22-25(36)10-7-11-26(22)40-21-8-5-4-6-9-21/h4-13,18-20H,3,14-17H2,1-2H3,(H,33,37). The molecule has 1 N–H and O–H groups in total. The maximum absolute atomic E-state index is 13.2. The van der Waals surface area contributed by atoms with E-state index in [2.05, 4.69) is 20.3 Å². The number of ether oxygens (including phenoxy) is 3. The first-order chi connectivity index (χ1) is 19.6. The highest BCUT2D eigenvalue weighted by Gasteiger charge is 2.23. The molecule has 1 amide bonds. The molecule has 3 heterocycles. The SMILES string of the molecule is CCOc1cc2ncnc(N3CCN(NC(=O)n4ccc5c(Oc6ccccc6)cccc54)CC3)c2cc1OC. The summed E-state index contributed by atoms with van der Waals surface area (Å²) in [4.78, 5) is 24.5. The van der Waals surface area contributed by atoms with Gasteiger partial charge in [0.2, 0.25) is 0 Å². The monoisotopic (exact) mass is 538 g/mol. The summed E-state index contributed by atoms with van der Waals surface area (Å²) in [6, 6.07) is 20.8. The zero-order valence-corrected chi connectivity index (χ0v) is 22.4. The van der Waals surface area contributed by atoms with Crippen LogP contribution in [0.4, 0.5) is 10.6 Å². The van der Waals surface area contributed by atoms with E-state index in [1.54, 1.807) is 24.2 Å². The molecule has 2 aromatic heterocycles. The van der Waals surface area contributed by atoms with Crippen molar-refractivity contribution in [2.75, 3.05) is 44.8 Å². The van der Waals surface area contributed by atoms with Crippen LogP contribution in [0.25, 0.3) is 21.8 Å². The second-order valence-corrected chi connectivity index (χ2v) is 9.33. The molecule has 0 radical (unpaired) electrons. The Hall–Kier alpha value is -4.83. The van der Waals surface area contributed by atoms with Crippen LogP contribution in [0.5, 0.6) is 23.0 Å². The third kappa shape index (κ3) is 4.96. The third-order valence-electron chi connectivity index (χ3n) is 6.92. The number of carbonyl (C=O) groups excluding carboxylic acids is 1. The van der Waals surface area contributed by atoms with Crippen molar-refractivity contribution in [2.45, 2.75) is 6.92 Å². The number of anilines is 1. The largest absolute Gasteiger partial charge is 0.493 e. The summed E-state index contributed by atoms with van der Waals surface area (Å²) in [7, 11) is 1.62. The summed E-state index contributed by atoms with van der Waals surface area (Å²) in [5, 5.41) is 3.70. The minimum atomic E-state index is -0.221. The van der Waals surface area contributed by atoms with Gasteiger partial charge in [-0.05, 0) is 43.3 Å². The van der Waals surface area contributed by atoms with Crippen LogP contribution in [0, 0.1) is 0 Å². The van der Waals surface area contributed by atoms with E-state index in [4.69, 9.17) is 14.2 Å². The zero-order chi connectivity index (χ0) is 27.5. The third-order valence-corrected chi connectivity index (χ3v) is 6.92. The van der Waals surface area contributed by atoms with E-state index in [1.165, 1.54) is 0 Å². The van der Waals surface area contributed by atoms with Gasteiger partial charge in [0.25, 0.3) is 0 Å². The van der Waals surface area contributed by atoms with Gasteiger partial charge in [0.15, 0.2) is 11.5 Å². The number of hydrogen-bond acceptors (Lipinski definition) is 8. The summed E-state index contributed by atoms with van der Waals surface area (Å²) >= 11 is 0. The highest BCUT2D eigenvalue weighted by Crippen LogP contribution is 2.35. The molecule has 1 saturated heterocycles. The lowest BCUT2D eigenvalue weighted by Gasteiger charge is -2.35. The first-order valence-electron chi connectivity index (χ1n) is 13.2. The molecule has 0 atom stereocenters. The van der Waals surface area contributed by atoms with Gasteiger partial charge < -0.3 is 19.1 Å². The van der Waals surface area contributed by atoms with Crippen molar-refractivity contribution in [3.05, 3.63) is 79.3 Å². The molecule has 5 aromatic rings. The summed E-state index contributed by atoms with van der Waals surface area (Å²) in [5.74, 6) is 3.58. The molecule has 10 heteroatoms. The van der Waals surface area contributed by atoms with Gasteiger partial charge in [-0.1, -0.05) is 24.3 Å². The summed E-state index contributed by atoms with van der Waals surface area (Å²) < 4.78 is 18.9. The number of hydrazine groups is 1. The first-order valence-corrected chi connectivity index (χ1v) is 13.2. The quantitative estimate of drug-likeness (QED) is 0.307. The fourth-order valence-electron chi connectivity index (χ4n) is 4.97. The molecule has 1 aliphatic rings. The highest BCUT2D eigenvalue weighted by molar-refractivity contribution is 5.95. The van der Waals surface area contributed by atoms with Gasteiger partial charge in [-0.3, -0.25) is 9.99 Å². The van der Waals surface area contributed by atoms with Crippen LogP contribution in [0.2, 0.25) is 0 Å². The number of rotatable bonds is 7. The average Bonchev–Trinajstić information content (AvgIpc) is 3.43. The van der Waals surface area contributed by atoms with Crippen molar-refractivity contribution < 1.29 is 19.0 Å². The van der Waals surface area contributed by atoms with Crippen LogP contribution in [-0.4, -0.2) is 65.5 Å². The van der Waals surface area contributed by atoms with Crippen molar-refractivity contribution in [1.29, 1.82) is 0 Å². The fraction of sp³-hybridized carbons (Fsp3) is 0.233. The Balaban J connectivity index is 1.14. The second-order valence-electron chi connectivity index (χ2n) is 9.33. The van der Waals surface area contributed by atoms with Gasteiger partial charge in [0.1, 0.15) is 23.6 Å². The number of hydrogen-bond donors (Lipinski definition) is 1. The first kappa shape index (κ1) is 25.4. The number of nitrogens with zero attached hydrogens (tertiary/aromatic N) is 5. The van der Waals surface area contributed by atoms with Crippen LogP contribution < -0.4 is 24.5 Å². The van der Waals surface area contributed by atoms with Crippen molar-refractivity contribution in [1.82, 2.24) is 25.0 Å². The molecule has 10 nitrogen and oxygen atoms in total. The summed E-state index contributed by atoms with van der Waals surface area (Å²) in [6.45, 7) is 5.10. The fourth-order valence-corrected chi connectivity index (χ4v) is 4.97. The van der Waals surface area contributed by atoms with Gasteiger partial charge >= 0.3 is 6.03 Å². The molecular formula is C30H30N6O4. The number of piperazine rings is 1. The molecule has 204 valence electrons. The Labute approximate surface area is 231 Å². The van der Waals surface area contributed by atoms with Gasteiger partial charge in [-0.25, -0.2) is 19.8 Å². The molecule has 0 bridgehead atoms. The predicted molar refractivity (Wildman–Crippen MR) is 153 cm³/mol. The molecule has 1 fully saturated rings. The maximum Gasteiger partial charge on any atom is 0.340 e. The van der Waals surface area contributed by atoms with Crippen molar-refractivity contribution in [2.24, 2.45) is 0 Å². The Morgan fingerprint density at radius 2 is 1.73 bits per heavy atom. The minimum Gasteiger partial charge on any atom is -0.493 e. The van der Waals surface area contributed by atoms with E-state index in [-0.39, 0.29) is 6.03 Å². The van der Waals surface area contributed by atoms with E-state index in [1.807, 2.05) is 78.7 Å². The van der Waals surface area contributed by atoms with E-state index in [0.29, 0.717) is 50.0 Å². The molecule has 0 aliphatic carbocycles. The number of fused-ring (bicyclic) bond motifs is 2. The van der Waals surface area contributed by atoms with E-state index in [0.717, 1.165) is 33.4 Å². The van der Waals surface area contributed by atoms with Crippen LogP contribution in [0.1, 0.15) is 6.92 Å². The van der Waals surface area contributed by atoms with E-state index < -0.39 is 0 Å². The highest BCUT2D eigenvalue weighted by atomic mass is 16.5. The van der Waals surface area contributed by atoms with Crippen LogP contribution >= 0.6 is 0 Å². The predicted octanol–water partition coefficient (Wildman–Crippen LogP) is 5.08. The molecule has 3 aromatic carbocycles. The Morgan fingerprint density at radius 3 is 2.50 bits per heavy atom. The second kappa shape index (κ2) is 11.1. The molecular weight excluding hydrogens is 508 g/mol. The van der Waals surface area contributed by atoms with Gasteiger partial charge in [0, 0.05) is 49.2 Å². The smallest absolute Gasteiger partial charge is 0.340 e. The van der Waals surface area contributed by atoms with E-state index >= 15 is 0 Å². The van der Waals surface area contributed by atoms with E-state index in [9.17, 15) is 4.79 Å². The van der Waals surface area contributed by atoms with Crippen molar-refractivity contribution in [3.8, 4) is 23.0 Å². The van der Waals surface area contributed by atoms with Crippen LogP contribution in [-0.2, 0) is 0 Å².